The number of rotatable bonds is 11. The molecule has 0 radical (unpaired) electrons. The van der Waals surface area contributed by atoms with E-state index >= 15 is 0 Å². The molecule has 2 heterocycles. The van der Waals surface area contributed by atoms with E-state index in [0.717, 1.165) is 24.8 Å². The fourth-order valence-corrected chi connectivity index (χ4v) is 5.11. The minimum absolute atomic E-state index is 0.00586. The number of esters is 1. The lowest BCUT2D eigenvalue weighted by Gasteiger charge is -2.26. The molecule has 0 saturated heterocycles. The van der Waals surface area contributed by atoms with Crippen LogP contribution in [-0.4, -0.2) is 31.7 Å². The number of anilines is 1. The number of hydrogen-bond acceptors (Lipinski definition) is 7. The number of amides is 1. The molecule has 0 spiro atoms. The predicted octanol–water partition coefficient (Wildman–Crippen LogP) is 7.00. The molecule has 0 bridgehead atoms. The monoisotopic (exact) mass is 569 g/mol. The number of carbonyl (C=O) groups is 2. The van der Waals surface area contributed by atoms with Gasteiger partial charge in [-0.1, -0.05) is 38.0 Å². The van der Waals surface area contributed by atoms with Crippen molar-refractivity contribution in [3.8, 4) is 11.5 Å². The average Bonchev–Trinajstić information content (AvgIpc) is 3.29. The third-order valence-corrected chi connectivity index (χ3v) is 7.18. The largest absolute Gasteiger partial charge is 0.490 e. The summed E-state index contributed by atoms with van der Waals surface area (Å²) in [5, 5.41) is 0.409. The fraction of sp³-hybridized carbons (Fsp3) is 0.324. The van der Waals surface area contributed by atoms with Crippen molar-refractivity contribution in [1.82, 2.24) is 0 Å². The van der Waals surface area contributed by atoms with Gasteiger partial charge < -0.3 is 18.6 Å². The molecule has 0 N–H and O–H groups in total. The first-order chi connectivity index (χ1) is 20.4. The highest BCUT2D eigenvalue weighted by Gasteiger charge is 2.44. The van der Waals surface area contributed by atoms with Gasteiger partial charge in [-0.05, 0) is 80.8 Å². The fourth-order valence-electron chi connectivity index (χ4n) is 5.11. The summed E-state index contributed by atoms with van der Waals surface area (Å²) in [6.45, 7) is 9.12. The van der Waals surface area contributed by atoms with Crippen LogP contribution in [0.4, 0.5) is 5.69 Å². The highest BCUT2D eigenvalue weighted by molar-refractivity contribution is 6.11. The second-order valence-electron chi connectivity index (χ2n) is 10.3. The maximum atomic E-state index is 14.0. The number of benzene rings is 3. The molecule has 3 aromatic carbocycles. The van der Waals surface area contributed by atoms with Crippen molar-refractivity contribution in [2.45, 2.75) is 53.0 Å². The summed E-state index contributed by atoms with van der Waals surface area (Å²) in [5.74, 6) is 0.233. The van der Waals surface area contributed by atoms with Gasteiger partial charge in [0.15, 0.2) is 16.9 Å². The number of fused-ring (bicyclic) bond motifs is 2. The minimum atomic E-state index is -0.796. The summed E-state index contributed by atoms with van der Waals surface area (Å²) in [5.41, 5.74) is 2.79. The zero-order valence-corrected chi connectivity index (χ0v) is 24.4. The molecule has 0 aliphatic carbocycles. The second kappa shape index (κ2) is 12.5. The molecule has 0 saturated carbocycles. The van der Waals surface area contributed by atoms with E-state index in [9.17, 15) is 14.4 Å². The summed E-state index contributed by atoms with van der Waals surface area (Å²) in [6.07, 6.45) is 2.54. The third-order valence-electron chi connectivity index (χ3n) is 7.18. The highest BCUT2D eigenvalue weighted by atomic mass is 16.5. The molecular weight excluding hydrogens is 534 g/mol. The molecule has 5 rings (SSSR count). The molecule has 8 heteroatoms. The van der Waals surface area contributed by atoms with Gasteiger partial charge in [-0.15, -0.1) is 0 Å². The van der Waals surface area contributed by atoms with Gasteiger partial charge in [0, 0.05) is 5.69 Å². The number of aryl methyl sites for hydroxylation is 1. The van der Waals surface area contributed by atoms with Gasteiger partial charge in [-0.2, -0.15) is 0 Å². The van der Waals surface area contributed by atoms with Crippen molar-refractivity contribution < 1.29 is 28.2 Å². The molecule has 218 valence electrons. The summed E-state index contributed by atoms with van der Waals surface area (Å²) in [6, 6.07) is 16.6. The van der Waals surface area contributed by atoms with E-state index in [-0.39, 0.29) is 16.8 Å². The Hall–Kier alpha value is -4.59. The van der Waals surface area contributed by atoms with Gasteiger partial charge >= 0.3 is 5.97 Å². The molecule has 8 nitrogen and oxygen atoms in total. The number of ether oxygens (including phenoxy) is 3. The third kappa shape index (κ3) is 5.49. The Bertz CT molecular complexity index is 1670. The van der Waals surface area contributed by atoms with Crippen molar-refractivity contribution >= 4 is 28.5 Å². The number of nitrogens with zero attached hydrogens (tertiary/aromatic N) is 1. The minimum Gasteiger partial charge on any atom is -0.490 e. The van der Waals surface area contributed by atoms with E-state index in [2.05, 4.69) is 0 Å². The van der Waals surface area contributed by atoms with E-state index in [1.165, 1.54) is 4.90 Å². The van der Waals surface area contributed by atoms with Crippen LogP contribution in [0.3, 0.4) is 0 Å². The zero-order valence-electron chi connectivity index (χ0n) is 24.4. The Labute approximate surface area is 244 Å². The first kappa shape index (κ1) is 28.9. The molecule has 1 amide bonds. The van der Waals surface area contributed by atoms with Crippen LogP contribution in [0.2, 0.25) is 0 Å². The summed E-state index contributed by atoms with van der Waals surface area (Å²) >= 11 is 0. The van der Waals surface area contributed by atoms with E-state index in [1.807, 2.05) is 45.9 Å². The van der Waals surface area contributed by atoms with Crippen LogP contribution in [0.5, 0.6) is 11.5 Å². The van der Waals surface area contributed by atoms with E-state index in [4.69, 9.17) is 18.6 Å². The summed E-state index contributed by atoms with van der Waals surface area (Å²) in [7, 11) is 0. The SMILES string of the molecule is CCCCOC(=O)c1ccc(N2C(=O)c3oc4ccc(C)cc4c(=O)c3C2c2ccc(OCCC)c(OCC)c2)cc1. The van der Waals surface area contributed by atoms with E-state index < -0.39 is 17.9 Å². The smallest absolute Gasteiger partial charge is 0.338 e. The van der Waals surface area contributed by atoms with Crippen LogP contribution in [0, 0.1) is 6.92 Å². The molecule has 0 fully saturated rings. The average molecular weight is 570 g/mol. The van der Waals surface area contributed by atoms with Crippen LogP contribution in [0.25, 0.3) is 11.0 Å². The summed E-state index contributed by atoms with van der Waals surface area (Å²) < 4.78 is 23.2. The lowest BCUT2D eigenvalue weighted by atomic mass is 9.97. The maximum absolute atomic E-state index is 14.0. The van der Waals surface area contributed by atoms with Gasteiger partial charge in [-0.3, -0.25) is 14.5 Å². The van der Waals surface area contributed by atoms with Gasteiger partial charge in [0.05, 0.1) is 42.4 Å². The second-order valence-corrected chi connectivity index (χ2v) is 10.3. The molecule has 1 aliphatic heterocycles. The zero-order chi connectivity index (χ0) is 29.8. The van der Waals surface area contributed by atoms with Gasteiger partial charge in [0.25, 0.3) is 5.91 Å². The number of unbranched alkanes of at least 4 members (excludes halogenated alkanes) is 1. The molecule has 1 unspecified atom stereocenters. The maximum Gasteiger partial charge on any atom is 0.338 e. The highest BCUT2D eigenvalue weighted by Crippen LogP contribution is 2.43. The molecule has 42 heavy (non-hydrogen) atoms. The first-order valence-corrected chi connectivity index (χ1v) is 14.5. The van der Waals surface area contributed by atoms with E-state index in [1.54, 1.807) is 42.5 Å². The van der Waals surface area contributed by atoms with Gasteiger partial charge in [0.2, 0.25) is 5.76 Å². The van der Waals surface area contributed by atoms with Crippen molar-refractivity contribution in [1.29, 1.82) is 0 Å². The van der Waals surface area contributed by atoms with Crippen LogP contribution in [0.15, 0.2) is 69.9 Å². The Morgan fingerprint density at radius 1 is 0.881 bits per heavy atom. The topological polar surface area (TPSA) is 95.3 Å². The molecule has 1 aromatic heterocycles. The Morgan fingerprint density at radius 2 is 1.67 bits per heavy atom. The molecule has 1 atom stereocenters. The number of carbonyl (C=O) groups excluding carboxylic acids is 2. The van der Waals surface area contributed by atoms with Crippen molar-refractivity contribution in [2.75, 3.05) is 24.7 Å². The van der Waals surface area contributed by atoms with Gasteiger partial charge in [-0.25, -0.2) is 4.79 Å². The van der Waals surface area contributed by atoms with Gasteiger partial charge in [0.1, 0.15) is 5.58 Å². The van der Waals surface area contributed by atoms with E-state index in [0.29, 0.717) is 59.1 Å². The Kier molecular flexibility index (Phi) is 8.61. The summed E-state index contributed by atoms with van der Waals surface area (Å²) in [4.78, 5) is 42.1. The van der Waals surface area contributed by atoms with Crippen molar-refractivity contribution in [3.63, 3.8) is 0 Å². The van der Waals surface area contributed by atoms with Crippen molar-refractivity contribution in [2.24, 2.45) is 0 Å². The molecule has 4 aromatic rings. The molecule has 1 aliphatic rings. The molecular formula is C34H35NO7. The first-order valence-electron chi connectivity index (χ1n) is 14.5. The Morgan fingerprint density at radius 3 is 2.38 bits per heavy atom. The number of hydrogen-bond donors (Lipinski definition) is 0. The quantitative estimate of drug-likeness (QED) is 0.142. The van der Waals surface area contributed by atoms with Crippen LogP contribution in [0.1, 0.15) is 83.7 Å². The standard InChI is InChI=1S/C34H35NO7/c1-5-8-18-41-34(38)22-10-13-24(14-11-22)35-30(23-12-16-27(40-17-6-2)28(20-23)39-7-3)29-31(36)25-19-21(4)9-15-26(25)42-32(29)33(35)37/h9-16,19-20,30H,5-8,17-18H2,1-4H3. The van der Waals surface area contributed by atoms with Crippen LogP contribution >= 0.6 is 0 Å². The van der Waals surface area contributed by atoms with Crippen LogP contribution in [-0.2, 0) is 4.74 Å². The van der Waals surface area contributed by atoms with Crippen LogP contribution < -0.4 is 19.8 Å². The van der Waals surface area contributed by atoms with Crippen molar-refractivity contribution in [3.05, 3.63) is 98.9 Å². The predicted molar refractivity (Wildman–Crippen MR) is 161 cm³/mol. The lowest BCUT2D eigenvalue weighted by Crippen LogP contribution is -2.29. The Balaban J connectivity index is 1.64. The lowest BCUT2D eigenvalue weighted by molar-refractivity contribution is 0.0499. The normalized spacial score (nSPS) is 14.2.